The molecule has 0 saturated heterocycles. The molecule has 0 spiro atoms. The summed E-state index contributed by atoms with van der Waals surface area (Å²) in [5.41, 5.74) is 0. The first kappa shape index (κ1) is 15.8. The Bertz CT molecular complexity index is 57.8. The van der Waals surface area contributed by atoms with Crippen LogP contribution in [-0.2, 0) is 4.57 Å². The third-order valence-corrected chi connectivity index (χ3v) is 0. The van der Waals surface area contributed by atoms with Gasteiger partial charge in [0.15, 0.2) is 0 Å². The van der Waals surface area contributed by atoms with Crippen molar-refractivity contribution >= 4 is 30.9 Å². The Kier molecular flexibility index (Phi) is 12.7. The van der Waals surface area contributed by atoms with Gasteiger partial charge in [0.2, 0.25) is 0 Å². The second-order valence-electron chi connectivity index (χ2n) is 0.447. The van der Waals surface area contributed by atoms with E-state index in [9.17, 15) is 0 Å². The molecule has 0 unspecified atom stereocenters. The van der Waals surface area contributed by atoms with Crippen molar-refractivity contribution < 1.29 is 38.1 Å². The molecule has 0 rings (SSSR count). The van der Waals surface area contributed by atoms with E-state index in [-0.39, 0.29) is 41.9 Å². The smallest absolute Gasteiger partial charge is 0.822 e. The first-order valence-corrected chi connectivity index (χ1v) is 2.19. The largest absolute Gasteiger partial charge is 2.00 e. The van der Waals surface area contributed by atoms with Gasteiger partial charge in [0.05, 0.1) is 0 Å². The molecule has 0 atom stereocenters. The Labute approximate surface area is 68.9 Å². The van der Waals surface area contributed by atoms with Crippen molar-refractivity contribution in [3.8, 4) is 0 Å². The molecule has 7 heavy (non-hydrogen) atoms. The van der Waals surface area contributed by atoms with Gasteiger partial charge in [0, 0.05) is 0 Å². The molecule has 0 N–H and O–H groups in total. The topological polar surface area (TPSA) is 86.2 Å². The van der Waals surface area contributed by atoms with Crippen molar-refractivity contribution in [2.75, 3.05) is 0 Å². The fourth-order valence-electron chi connectivity index (χ4n) is 0. The molecule has 0 radical (unpaired) electrons. The van der Waals surface area contributed by atoms with Gasteiger partial charge in [-0.05, 0) is 0 Å². The second-order valence-corrected chi connectivity index (χ2v) is 1.34. The maximum atomic E-state index is 8.55. The normalized spacial score (nSPS) is 8.43. The van der Waals surface area contributed by atoms with Gasteiger partial charge in [-0.2, -0.15) is 7.82 Å². The number of hydrogen-bond acceptors (Lipinski definition) is 4. The first-order valence-electron chi connectivity index (χ1n) is 0.730. The molecule has 0 fully saturated rings. The maximum Gasteiger partial charge on any atom is 2.00 e. The molecule has 0 aromatic heterocycles. The summed E-state index contributed by atoms with van der Waals surface area (Å²) < 4.78 is 8.55. The maximum absolute atomic E-state index is 8.55. The molecule has 0 amide bonds. The molecule has 0 heterocycles. The molecule has 7 heteroatoms. The third-order valence-electron chi connectivity index (χ3n) is 0. The van der Waals surface area contributed by atoms with Crippen LogP contribution in [-0.4, -0.2) is 23.1 Å². The van der Waals surface area contributed by atoms with E-state index in [0.717, 1.165) is 0 Å². The van der Waals surface area contributed by atoms with E-state index in [0.29, 0.717) is 0 Å². The van der Waals surface area contributed by atoms with Gasteiger partial charge >= 0.3 is 41.9 Å². The van der Waals surface area contributed by atoms with Crippen LogP contribution in [0.5, 0.6) is 0 Å². The van der Waals surface area contributed by atoms with E-state index in [2.05, 4.69) is 0 Å². The monoisotopic (exact) mass is 126 g/mol. The van der Waals surface area contributed by atoms with Crippen LogP contribution in [0.25, 0.3) is 0 Å². The van der Waals surface area contributed by atoms with Crippen LogP contribution < -0.4 is 33.5 Å². The summed E-state index contributed by atoms with van der Waals surface area (Å²) in [6, 6.07) is 0. The predicted octanol–water partition coefficient (Wildman–Crippen LogP) is -6.20. The van der Waals surface area contributed by atoms with Crippen molar-refractivity contribution in [3.05, 3.63) is 0 Å². The Hall–Kier alpha value is 1.47. The minimum Gasteiger partial charge on any atom is -0.822 e. The molecule has 0 aliphatic rings. The summed E-state index contributed by atoms with van der Waals surface area (Å²) in [7, 11) is -5.39. The SMILES string of the molecule is O=P([O-])([O-])[O-].[Li+].[Mg+2]. The fourth-order valence-corrected chi connectivity index (χ4v) is 0. The first-order chi connectivity index (χ1) is 2.00. The summed E-state index contributed by atoms with van der Waals surface area (Å²) in [6.07, 6.45) is 0. The van der Waals surface area contributed by atoms with Gasteiger partial charge in [0.1, 0.15) is 0 Å². The molecular weight excluding hydrogens is 126 g/mol. The van der Waals surface area contributed by atoms with Crippen LogP contribution in [0.15, 0.2) is 0 Å². The minimum absolute atomic E-state index is 0. The zero-order valence-electron chi connectivity index (χ0n) is 3.79. The molecule has 0 aliphatic heterocycles. The molecular formula is LiMgO4P. The van der Waals surface area contributed by atoms with Gasteiger partial charge in [-0.25, -0.2) is 0 Å². The molecule has 0 aromatic rings. The van der Waals surface area contributed by atoms with E-state index in [1.165, 1.54) is 0 Å². The third kappa shape index (κ3) is 103. The summed E-state index contributed by atoms with van der Waals surface area (Å²) in [5.74, 6) is 0. The Balaban J connectivity index is -0.0000000800. The summed E-state index contributed by atoms with van der Waals surface area (Å²) in [4.78, 5) is 25.6. The Morgan fingerprint density at radius 3 is 1.14 bits per heavy atom. The van der Waals surface area contributed by atoms with E-state index in [1.54, 1.807) is 0 Å². The summed E-state index contributed by atoms with van der Waals surface area (Å²) in [5, 5.41) is 0. The van der Waals surface area contributed by atoms with Gasteiger partial charge in [0.25, 0.3) is 0 Å². The predicted molar refractivity (Wildman–Crippen MR) is 13.4 cm³/mol. The van der Waals surface area contributed by atoms with E-state index < -0.39 is 7.82 Å². The van der Waals surface area contributed by atoms with Crippen LogP contribution in [0.4, 0.5) is 0 Å². The van der Waals surface area contributed by atoms with Gasteiger partial charge < -0.3 is 19.2 Å². The van der Waals surface area contributed by atoms with Gasteiger partial charge in [-0.15, -0.1) is 0 Å². The molecule has 0 bridgehead atoms. The van der Waals surface area contributed by atoms with Crippen molar-refractivity contribution in [1.29, 1.82) is 0 Å². The minimum atomic E-state index is -5.39. The van der Waals surface area contributed by atoms with Crippen molar-refractivity contribution in [1.82, 2.24) is 0 Å². The van der Waals surface area contributed by atoms with Gasteiger partial charge in [-0.1, -0.05) is 0 Å². The van der Waals surface area contributed by atoms with E-state index in [1.807, 2.05) is 0 Å². The zero-order valence-corrected chi connectivity index (χ0v) is 6.10. The van der Waals surface area contributed by atoms with Crippen LogP contribution in [0.2, 0.25) is 0 Å². The molecule has 4 nitrogen and oxygen atoms in total. The molecule has 32 valence electrons. The Morgan fingerprint density at radius 2 is 1.14 bits per heavy atom. The van der Waals surface area contributed by atoms with Crippen LogP contribution in [0.3, 0.4) is 0 Å². The average Bonchev–Trinajstić information content (AvgIpc) is 0.722. The second kappa shape index (κ2) is 5.61. The van der Waals surface area contributed by atoms with Gasteiger partial charge in [-0.3, -0.25) is 0 Å². The van der Waals surface area contributed by atoms with Crippen LogP contribution in [0.1, 0.15) is 0 Å². The quantitative estimate of drug-likeness (QED) is 0.239. The molecule has 0 aliphatic carbocycles. The average molecular weight is 126 g/mol. The number of phosphoric acid groups is 1. The van der Waals surface area contributed by atoms with Crippen LogP contribution in [0, 0.1) is 0 Å². The number of hydrogen-bond donors (Lipinski definition) is 0. The van der Waals surface area contributed by atoms with Crippen LogP contribution >= 0.6 is 7.82 Å². The van der Waals surface area contributed by atoms with E-state index >= 15 is 0 Å². The summed E-state index contributed by atoms with van der Waals surface area (Å²) in [6.45, 7) is 0. The van der Waals surface area contributed by atoms with Crippen molar-refractivity contribution in [2.24, 2.45) is 0 Å². The standard InChI is InChI=1S/Li.Mg.H3O4P/c;;1-5(2,3)4/h;;(H3,1,2,3,4)/q+1;+2;/p-3. The zero-order chi connectivity index (χ0) is 4.50. The Morgan fingerprint density at radius 1 is 1.14 bits per heavy atom. The van der Waals surface area contributed by atoms with Crippen molar-refractivity contribution in [2.45, 2.75) is 0 Å². The van der Waals surface area contributed by atoms with E-state index in [4.69, 9.17) is 19.2 Å². The molecule has 0 aromatic carbocycles. The molecule has 0 saturated carbocycles. The summed E-state index contributed by atoms with van der Waals surface area (Å²) >= 11 is 0. The fraction of sp³-hybridized carbons (Fsp3) is 0. The number of rotatable bonds is 0. The van der Waals surface area contributed by atoms with Crippen molar-refractivity contribution in [3.63, 3.8) is 0 Å².